The van der Waals surface area contributed by atoms with Gasteiger partial charge >= 0.3 is 0 Å². The van der Waals surface area contributed by atoms with E-state index in [2.05, 4.69) is 15.0 Å². The number of halogens is 1. The van der Waals surface area contributed by atoms with Gasteiger partial charge < -0.3 is 23.8 Å². The largest absolute Gasteiger partial charge is 0.455 e. The summed E-state index contributed by atoms with van der Waals surface area (Å²) >= 11 is 0. The highest BCUT2D eigenvalue weighted by Crippen LogP contribution is 2.39. The number of hydrogen-bond acceptors (Lipinski definition) is 6. The van der Waals surface area contributed by atoms with Crippen LogP contribution < -0.4 is 0 Å². The van der Waals surface area contributed by atoms with Crippen molar-refractivity contribution in [2.45, 2.75) is 31.9 Å². The Morgan fingerprint density at radius 2 is 2.10 bits per heavy atom. The molecular formula is C21H19FN4O4. The average Bonchev–Trinajstić information content (AvgIpc) is 3.45. The van der Waals surface area contributed by atoms with Gasteiger partial charge in [-0.15, -0.1) is 0 Å². The van der Waals surface area contributed by atoms with Crippen LogP contribution in [0.5, 0.6) is 0 Å². The Hall–Kier alpha value is -3.46. The third kappa shape index (κ3) is 2.81. The van der Waals surface area contributed by atoms with Gasteiger partial charge in [-0.1, -0.05) is 12.1 Å². The molecule has 0 saturated heterocycles. The number of aromatic nitrogens is 3. The molecule has 2 N–H and O–H groups in total. The number of carbonyl (C=O) groups is 1. The summed E-state index contributed by atoms with van der Waals surface area (Å²) in [5.41, 5.74) is 0.400. The van der Waals surface area contributed by atoms with Crippen LogP contribution in [-0.4, -0.2) is 37.4 Å². The summed E-state index contributed by atoms with van der Waals surface area (Å²) < 4.78 is 26.6. The van der Waals surface area contributed by atoms with Crippen molar-refractivity contribution in [3.63, 3.8) is 0 Å². The molecule has 30 heavy (non-hydrogen) atoms. The fourth-order valence-electron chi connectivity index (χ4n) is 3.77. The van der Waals surface area contributed by atoms with E-state index in [0.29, 0.717) is 29.6 Å². The number of benzene rings is 1. The lowest BCUT2D eigenvalue weighted by atomic mass is 9.99. The van der Waals surface area contributed by atoms with Crippen molar-refractivity contribution in [2.75, 3.05) is 6.54 Å². The number of hydrogen-bond donors (Lipinski definition) is 2. The maximum atomic E-state index is 15.3. The molecule has 0 bridgehead atoms. The number of H-pyrrole nitrogens is 1. The van der Waals surface area contributed by atoms with Crippen LogP contribution >= 0.6 is 0 Å². The van der Waals surface area contributed by atoms with Gasteiger partial charge in [-0.3, -0.25) is 4.79 Å². The van der Waals surface area contributed by atoms with Crippen molar-refractivity contribution in [1.29, 1.82) is 0 Å². The fraction of sp³-hybridized carbons (Fsp3) is 0.286. The van der Waals surface area contributed by atoms with Gasteiger partial charge in [0.15, 0.2) is 11.6 Å². The van der Waals surface area contributed by atoms with Crippen molar-refractivity contribution < 1.29 is 23.1 Å². The third-order valence-electron chi connectivity index (χ3n) is 5.23. The molecule has 0 fully saturated rings. The van der Waals surface area contributed by atoms with Crippen LogP contribution in [0, 0.1) is 5.82 Å². The highest BCUT2D eigenvalue weighted by Gasteiger charge is 2.40. The molecule has 1 aliphatic heterocycles. The third-order valence-corrected chi connectivity index (χ3v) is 5.23. The molecule has 1 aromatic carbocycles. The number of nitrogens with zero attached hydrogens (tertiary/aromatic N) is 3. The fourth-order valence-corrected chi connectivity index (χ4v) is 3.77. The molecule has 0 radical (unpaired) electrons. The van der Waals surface area contributed by atoms with Crippen LogP contribution in [-0.2, 0) is 12.0 Å². The summed E-state index contributed by atoms with van der Waals surface area (Å²) in [5, 5.41) is 10.4. The molecule has 0 unspecified atom stereocenters. The van der Waals surface area contributed by atoms with Crippen molar-refractivity contribution >= 4 is 16.9 Å². The van der Waals surface area contributed by atoms with Crippen LogP contribution in [0.1, 0.15) is 53.5 Å². The van der Waals surface area contributed by atoms with Gasteiger partial charge in [0.2, 0.25) is 11.7 Å². The molecule has 0 saturated carbocycles. The number of aromatic amines is 1. The molecule has 9 heteroatoms. The zero-order chi connectivity index (χ0) is 21.0. The van der Waals surface area contributed by atoms with Gasteiger partial charge in [-0.2, -0.15) is 0 Å². The summed E-state index contributed by atoms with van der Waals surface area (Å²) in [4.78, 5) is 26.1. The summed E-state index contributed by atoms with van der Waals surface area (Å²) in [7, 11) is 0. The minimum absolute atomic E-state index is 0.0137. The molecule has 4 aromatic rings. The SMILES string of the molecule is CC(C)(O)c1ncc(C(=O)N2CCc3[nH]cnc3[C@H]2c2oc3ccccc3c2F)o1. The molecule has 4 heterocycles. The van der Waals surface area contributed by atoms with E-state index in [1.807, 2.05) is 0 Å². The number of carbonyl (C=O) groups excluding carboxylic acids is 1. The minimum Gasteiger partial charge on any atom is -0.455 e. The molecule has 1 atom stereocenters. The predicted molar refractivity (Wildman–Crippen MR) is 103 cm³/mol. The Morgan fingerprint density at radius 3 is 2.83 bits per heavy atom. The van der Waals surface area contributed by atoms with Crippen molar-refractivity contribution in [3.05, 3.63) is 71.4 Å². The molecule has 1 aliphatic rings. The first-order valence-electron chi connectivity index (χ1n) is 9.53. The highest BCUT2D eigenvalue weighted by molar-refractivity contribution is 5.92. The first kappa shape index (κ1) is 18.6. The van der Waals surface area contributed by atoms with Gasteiger partial charge in [0.1, 0.15) is 17.2 Å². The second-order valence-corrected chi connectivity index (χ2v) is 7.78. The lowest BCUT2D eigenvalue weighted by Gasteiger charge is -2.33. The number of fused-ring (bicyclic) bond motifs is 2. The van der Waals surface area contributed by atoms with Crippen LogP contribution in [0.15, 0.2) is 45.6 Å². The van der Waals surface area contributed by atoms with E-state index < -0.39 is 23.4 Å². The standard InChI is InChI=1S/C21H19FN4O4/c1-21(2,28)20-23-9-14(30-20)19(27)26-8-7-12-16(25-10-24-12)17(26)18-15(22)11-5-3-4-6-13(11)29-18/h3-6,9-10,17,28H,7-8H2,1-2H3,(H,24,25)/t17-/m0/s1. The van der Waals surface area contributed by atoms with Crippen molar-refractivity contribution in [3.8, 4) is 0 Å². The Bertz CT molecular complexity index is 1250. The number of amides is 1. The zero-order valence-electron chi connectivity index (χ0n) is 16.3. The summed E-state index contributed by atoms with van der Waals surface area (Å²) in [6.45, 7) is 3.32. The molecule has 0 spiro atoms. The molecule has 1 amide bonds. The number of imidazole rings is 1. The number of oxazole rings is 1. The van der Waals surface area contributed by atoms with E-state index in [9.17, 15) is 9.90 Å². The number of furan rings is 1. The van der Waals surface area contributed by atoms with Crippen LogP contribution in [0.25, 0.3) is 11.0 Å². The Morgan fingerprint density at radius 1 is 1.30 bits per heavy atom. The first-order valence-corrected chi connectivity index (χ1v) is 9.53. The van der Waals surface area contributed by atoms with Gasteiger partial charge in [0.25, 0.3) is 5.91 Å². The Labute approximate surface area is 170 Å². The van der Waals surface area contributed by atoms with Crippen LogP contribution in [0.3, 0.4) is 0 Å². The number of para-hydroxylation sites is 1. The van der Waals surface area contributed by atoms with Crippen molar-refractivity contribution in [1.82, 2.24) is 19.9 Å². The van der Waals surface area contributed by atoms with Crippen molar-refractivity contribution in [2.24, 2.45) is 0 Å². The van der Waals surface area contributed by atoms with E-state index in [4.69, 9.17) is 8.83 Å². The lowest BCUT2D eigenvalue weighted by molar-refractivity contribution is 0.0437. The molecule has 8 nitrogen and oxygen atoms in total. The molecule has 0 aliphatic carbocycles. The monoisotopic (exact) mass is 410 g/mol. The maximum Gasteiger partial charge on any atom is 0.292 e. The van der Waals surface area contributed by atoms with E-state index in [1.165, 1.54) is 31.3 Å². The topological polar surface area (TPSA) is 108 Å². The number of rotatable bonds is 3. The van der Waals surface area contributed by atoms with Gasteiger partial charge in [-0.05, 0) is 26.0 Å². The van der Waals surface area contributed by atoms with E-state index >= 15 is 4.39 Å². The second kappa shape index (κ2) is 6.53. The molecule has 3 aromatic heterocycles. The predicted octanol–water partition coefficient (Wildman–Crippen LogP) is 3.30. The van der Waals surface area contributed by atoms with E-state index in [0.717, 1.165) is 5.69 Å². The quantitative estimate of drug-likeness (QED) is 0.537. The maximum absolute atomic E-state index is 15.3. The Kier molecular flexibility index (Phi) is 4.04. The first-order chi connectivity index (χ1) is 14.3. The molecule has 5 rings (SSSR count). The second-order valence-electron chi connectivity index (χ2n) is 7.78. The van der Waals surface area contributed by atoms with Gasteiger partial charge in [-0.25, -0.2) is 14.4 Å². The van der Waals surface area contributed by atoms with E-state index in [-0.39, 0.29) is 17.4 Å². The minimum atomic E-state index is -1.33. The lowest BCUT2D eigenvalue weighted by Crippen LogP contribution is -2.40. The van der Waals surface area contributed by atoms with Gasteiger partial charge in [0, 0.05) is 18.7 Å². The van der Waals surface area contributed by atoms with Crippen LogP contribution in [0.4, 0.5) is 4.39 Å². The average molecular weight is 410 g/mol. The number of aliphatic hydroxyl groups is 1. The van der Waals surface area contributed by atoms with E-state index in [1.54, 1.807) is 24.3 Å². The molecular weight excluding hydrogens is 391 g/mol. The summed E-state index contributed by atoms with van der Waals surface area (Å²) in [6, 6.07) is 5.92. The van der Waals surface area contributed by atoms with Crippen LogP contribution in [0.2, 0.25) is 0 Å². The summed E-state index contributed by atoms with van der Waals surface area (Å²) in [5.74, 6) is -1.03. The smallest absolute Gasteiger partial charge is 0.292 e. The van der Waals surface area contributed by atoms with Gasteiger partial charge in [0.05, 0.1) is 23.6 Å². The molecule has 154 valence electrons. The Balaban J connectivity index is 1.61. The number of nitrogens with one attached hydrogen (secondary N) is 1. The summed E-state index contributed by atoms with van der Waals surface area (Å²) in [6.07, 6.45) is 3.31. The zero-order valence-corrected chi connectivity index (χ0v) is 16.3. The highest BCUT2D eigenvalue weighted by atomic mass is 19.1. The normalized spacial score (nSPS) is 16.8.